The quantitative estimate of drug-likeness (QED) is 0.630. The summed E-state index contributed by atoms with van der Waals surface area (Å²) in [5.41, 5.74) is 1.19. The van der Waals surface area contributed by atoms with Gasteiger partial charge in [0.2, 0.25) is 0 Å². The molecule has 0 bridgehead atoms. The predicted octanol–water partition coefficient (Wildman–Crippen LogP) is 1.85. The van der Waals surface area contributed by atoms with Gasteiger partial charge < -0.3 is 9.47 Å². The van der Waals surface area contributed by atoms with E-state index in [0.717, 1.165) is 6.42 Å². The summed E-state index contributed by atoms with van der Waals surface area (Å²) in [4.78, 5) is 11.4. The van der Waals surface area contributed by atoms with Crippen LogP contribution in [0.1, 0.15) is 12.0 Å². The summed E-state index contributed by atoms with van der Waals surface area (Å²) >= 11 is 0. The van der Waals surface area contributed by atoms with Crippen molar-refractivity contribution in [1.82, 2.24) is 0 Å². The number of rotatable bonds is 8. The molecule has 0 saturated carbocycles. The van der Waals surface area contributed by atoms with Crippen LogP contribution in [0.15, 0.2) is 30.3 Å². The van der Waals surface area contributed by atoms with Crippen LogP contribution in [0.25, 0.3) is 0 Å². The average molecular weight is 222 g/mol. The normalized spacial score (nSPS) is 10.3. The summed E-state index contributed by atoms with van der Waals surface area (Å²) < 4.78 is 9.97. The van der Waals surface area contributed by atoms with E-state index < -0.39 is 0 Å². The Bertz CT molecular complexity index is 295. The highest BCUT2D eigenvalue weighted by Gasteiger charge is 2.02. The largest absolute Gasteiger partial charge is 0.382 e. The van der Waals surface area contributed by atoms with E-state index in [1.165, 1.54) is 5.56 Å². The van der Waals surface area contributed by atoms with Gasteiger partial charge in [-0.1, -0.05) is 30.3 Å². The lowest BCUT2D eigenvalue weighted by molar-refractivity contribution is -0.123. The molecule has 88 valence electrons. The van der Waals surface area contributed by atoms with Crippen molar-refractivity contribution in [2.24, 2.45) is 0 Å². The molecule has 3 heteroatoms. The summed E-state index contributed by atoms with van der Waals surface area (Å²) in [7, 11) is 1.61. The SMILES string of the molecule is COCCOCC(=O)CCc1ccccc1. The zero-order valence-corrected chi connectivity index (χ0v) is 9.65. The Hall–Kier alpha value is -1.19. The third-order valence-electron chi connectivity index (χ3n) is 2.23. The highest BCUT2D eigenvalue weighted by molar-refractivity contribution is 5.79. The summed E-state index contributed by atoms with van der Waals surface area (Å²) in [6.45, 7) is 1.20. The van der Waals surface area contributed by atoms with Gasteiger partial charge in [0.05, 0.1) is 13.2 Å². The molecule has 0 amide bonds. The molecule has 1 rings (SSSR count). The molecule has 0 N–H and O–H groups in total. The first-order chi connectivity index (χ1) is 7.83. The number of hydrogen-bond acceptors (Lipinski definition) is 3. The number of benzene rings is 1. The number of ether oxygens (including phenoxy) is 2. The Morgan fingerprint density at radius 2 is 1.94 bits per heavy atom. The van der Waals surface area contributed by atoms with E-state index >= 15 is 0 Å². The minimum absolute atomic E-state index is 0.139. The molecule has 0 spiro atoms. The number of carbonyl (C=O) groups excluding carboxylic acids is 1. The van der Waals surface area contributed by atoms with Gasteiger partial charge in [0, 0.05) is 13.5 Å². The van der Waals surface area contributed by atoms with Gasteiger partial charge in [-0.15, -0.1) is 0 Å². The van der Waals surface area contributed by atoms with Gasteiger partial charge in [0.1, 0.15) is 6.61 Å². The molecule has 0 aliphatic rings. The van der Waals surface area contributed by atoms with Gasteiger partial charge in [-0.05, 0) is 12.0 Å². The second kappa shape index (κ2) is 8.02. The molecule has 1 aromatic rings. The van der Waals surface area contributed by atoms with E-state index in [0.29, 0.717) is 19.6 Å². The van der Waals surface area contributed by atoms with Crippen LogP contribution in [-0.2, 0) is 20.7 Å². The molecule has 3 nitrogen and oxygen atoms in total. The number of Topliss-reactive ketones (excluding diaryl/α,β-unsaturated/α-hetero) is 1. The summed E-state index contributed by atoms with van der Waals surface area (Å²) in [6.07, 6.45) is 1.32. The van der Waals surface area contributed by atoms with Crippen molar-refractivity contribution >= 4 is 5.78 Å². The zero-order chi connectivity index (χ0) is 11.6. The van der Waals surface area contributed by atoms with Crippen LogP contribution >= 0.6 is 0 Å². The fraction of sp³-hybridized carbons (Fsp3) is 0.462. The Kier molecular flexibility index (Phi) is 6.45. The highest BCUT2D eigenvalue weighted by atomic mass is 16.5. The van der Waals surface area contributed by atoms with Gasteiger partial charge in [-0.25, -0.2) is 0 Å². The van der Waals surface area contributed by atoms with Gasteiger partial charge in [-0.2, -0.15) is 0 Å². The Balaban J connectivity index is 2.11. The number of ketones is 1. The van der Waals surface area contributed by atoms with Crippen LogP contribution in [0.2, 0.25) is 0 Å². The molecule has 0 heterocycles. The summed E-state index contributed by atoms with van der Waals surface area (Å²) in [6, 6.07) is 9.99. The van der Waals surface area contributed by atoms with Crippen molar-refractivity contribution in [3.8, 4) is 0 Å². The molecule has 0 fully saturated rings. The number of aryl methyl sites for hydroxylation is 1. The third kappa shape index (κ3) is 5.63. The first-order valence-electron chi connectivity index (χ1n) is 5.45. The van der Waals surface area contributed by atoms with Gasteiger partial charge in [0.25, 0.3) is 0 Å². The lowest BCUT2D eigenvalue weighted by Crippen LogP contribution is -2.12. The minimum Gasteiger partial charge on any atom is -0.382 e. The van der Waals surface area contributed by atoms with Crippen LogP contribution in [0.4, 0.5) is 0 Å². The number of carbonyl (C=O) groups is 1. The van der Waals surface area contributed by atoms with E-state index in [1.807, 2.05) is 30.3 Å². The average Bonchev–Trinajstić information content (AvgIpc) is 2.33. The second-order valence-corrected chi connectivity index (χ2v) is 3.57. The van der Waals surface area contributed by atoms with Crippen molar-refractivity contribution in [2.45, 2.75) is 12.8 Å². The first kappa shape index (κ1) is 12.9. The molecule has 0 aliphatic carbocycles. The van der Waals surface area contributed by atoms with E-state index in [4.69, 9.17) is 9.47 Å². The summed E-state index contributed by atoms with van der Waals surface area (Å²) in [5.74, 6) is 0.139. The standard InChI is InChI=1S/C13H18O3/c1-15-9-10-16-11-13(14)8-7-12-5-3-2-4-6-12/h2-6H,7-11H2,1H3. The lowest BCUT2D eigenvalue weighted by atomic mass is 10.1. The fourth-order valence-electron chi connectivity index (χ4n) is 1.33. The third-order valence-corrected chi connectivity index (χ3v) is 2.23. The molecular formula is C13H18O3. The van der Waals surface area contributed by atoms with Crippen LogP contribution in [-0.4, -0.2) is 32.7 Å². The van der Waals surface area contributed by atoms with Crippen molar-refractivity contribution in [3.63, 3.8) is 0 Å². The molecule has 1 aromatic carbocycles. The molecule has 0 saturated heterocycles. The highest BCUT2D eigenvalue weighted by Crippen LogP contribution is 2.02. The molecule has 0 radical (unpaired) electrons. The topological polar surface area (TPSA) is 35.5 Å². The molecule has 0 atom stereocenters. The molecule has 0 aliphatic heterocycles. The van der Waals surface area contributed by atoms with E-state index in [1.54, 1.807) is 7.11 Å². The second-order valence-electron chi connectivity index (χ2n) is 3.57. The Labute approximate surface area is 96.4 Å². The van der Waals surface area contributed by atoms with E-state index in [9.17, 15) is 4.79 Å². The van der Waals surface area contributed by atoms with Crippen LogP contribution in [0.3, 0.4) is 0 Å². The van der Waals surface area contributed by atoms with Crippen molar-refractivity contribution in [1.29, 1.82) is 0 Å². The van der Waals surface area contributed by atoms with Crippen molar-refractivity contribution < 1.29 is 14.3 Å². The van der Waals surface area contributed by atoms with Crippen LogP contribution in [0, 0.1) is 0 Å². The van der Waals surface area contributed by atoms with Gasteiger partial charge >= 0.3 is 0 Å². The smallest absolute Gasteiger partial charge is 0.158 e. The zero-order valence-electron chi connectivity index (χ0n) is 9.65. The molecule has 0 unspecified atom stereocenters. The molecule has 0 aromatic heterocycles. The van der Waals surface area contributed by atoms with E-state index in [2.05, 4.69) is 0 Å². The number of methoxy groups -OCH3 is 1. The number of hydrogen-bond donors (Lipinski definition) is 0. The Morgan fingerprint density at radius 3 is 2.62 bits per heavy atom. The maximum atomic E-state index is 11.4. The van der Waals surface area contributed by atoms with Crippen LogP contribution < -0.4 is 0 Å². The van der Waals surface area contributed by atoms with Crippen molar-refractivity contribution in [3.05, 3.63) is 35.9 Å². The maximum absolute atomic E-state index is 11.4. The van der Waals surface area contributed by atoms with E-state index in [-0.39, 0.29) is 12.4 Å². The monoisotopic (exact) mass is 222 g/mol. The van der Waals surface area contributed by atoms with Gasteiger partial charge in [0.15, 0.2) is 5.78 Å². The molecule has 16 heavy (non-hydrogen) atoms. The predicted molar refractivity (Wildman–Crippen MR) is 62.5 cm³/mol. The van der Waals surface area contributed by atoms with Crippen LogP contribution in [0.5, 0.6) is 0 Å². The van der Waals surface area contributed by atoms with Gasteiger partial charge in [-0.3, -0.25) is 4.79 Å². The van der Waals surface area contributed by atoms with Crippen molar-refractivity contribution in [2.75, 3.05) is 26.9 Å². The first-order valence-corrected chi connectivity index (χ1v) is 5.45. The molecular weight excluding hydrogens is 204 g/mol. The summed E-state index contributed by atoms with van der Waals surface area (Å²) in [5, 5.41) is 0. The lowest BCUT2D eigenvalue weighted by Gasteiger charge is -2.03. The fourth-order valence-corrected chi connectivity index (χ4v) is 1.33. The minimum atomic E-state index is 0.139. The maximum Gasteiger partial charge on any atom is 0.158 e. The Morgan fingerprint density at radius 1 is 1.19 bits per heavy atom.